The molecule has 3 atom stereocenters. The van der Waals surface area contributed by atoms with Crippen molar-refractivity contribution in [3.8, 4) is 0 Å². The summed E-state index contributed by atoms with van der Waals surface area (Å²) in [5, 5.41) is 3.05. The van der Waals surface area contributed by atoms with Crippen molar-refractivity contribution in [3.05, 3.63) is 50.2 Å². The van der Waals surface area contributed by atoms with Gasteiger partial charge in [0.1, 0.15) is 5.82 Å². The van der Waals surface area contributed by atoms with Crippen LogP contribution < -0.4 is 5.32 Å². The smallest absolute Gasteiger partial charge is 0.226 e. The first-order valence-electron chi connectivity index (χ1n) is 9.51. The molecule has 1 saturated carbocycles. The van der Waals surface area contributed by atoms with Crippen molar-refractivity contribution in [1.82, 2.24) is 14.5 Å². The second-order valence-corrected chi connectivity index (χ2v) is 9.38. The Hall–Kier alpha value is -1.51. The van der Waals surface area contributed by atoms with Gasteiger partial charge in [-0.3, -0.25) is 4.79 Å². The lowest BCUT2D eigenvalue weighted by Gasteiger charge is -2.15. The summed E-state index contributed by atoms with van der Waals surface area (Å²) in [5.74, 6) is 0.0189. The summed E-state index contributed by atoms with van der Waals surface area (Å²) in [6, 6.07) is 5.22. The highest BCUT2D eigenvalue weighted by Crippen LogP contribution is 2.66. The molecule has 1 aromatic heterocycles. The maximum absolute atomic E-state index is 14.6. The Balaban J connectivity index is 1.46. The number of benzene rings is 1. The highest BCUT2D eigenvalue weighted by molar-refractivity contribution is 9.10. The largest absolute Gasteiger partial charge is 0.379 e. The van der Waals surface area contributed by atoms with E-state index in [-0.39, 0.29) is 35.5 Å². The van der Waals surface area contributed by atoms with E-state index < -0.39 is 0 Å². The summed E-state index contributed by atoms with van der Waals surface area (Å²) >= 11 is 9.11. The van der Waals surface area contributed by atoms with Crippen molar-refractivity contribution >= 4 is 34.1 Å². The van der Waals surface area contributed by atoms with Gasteiger partial charge in [-0.1, -0.05) is 15.9 Å². The Bertz CT molecular complexity index is 1040. The highest BCUT2D eigenvalue weighted by atomic mass is 79.9. The quantitative estimate of drug-likeness (QED) is 0.704. The van der Waals surface area contributed by atoms with E-state index in [1.165, 1.54) is 6.07 Å². The molecule has 3 heterocycles. The Morgan fingerprint density at radius 1 is 1.50 bits per heavy atom. The Morgan fingerprint density at radius 2 is 2.32 bits per heavy atom. The number of aromatic nitrogens is 2. The molecule has 2 aliphatic heterocycles. The van der Waals surface area contributed by atoms with Crippen LogP contribution in [-0.4, -0.2) is 34.3 Å². The van der Waals surface area contributed by atoms with Crippen molar-refractivity contribution in [2.45, 2.75) is 43.2 Å². The average molecular weight is 466 g/mol. The first-order valence-corrected chi connectivity index (χ1v) is 10.7. The van der Waals surface area contributed by atoms with Crippen LogP contribution in [0.15, 0.2) is 22.7 Å². The van der Waals surface area contributed by atoms with Gasteiger partial charge in [0.25, 0.3) is 0 Å². The van der Waals surface area contributed by atoms with Crippen LogP contribution in [0.2, 0.25) is 0 Å². The van der Waals surface area contributed by atoms with Gasteiger partial charge in [0.2, 0.25) is 5.91 Å². The van der Waals surface area contributed by atoms with E-state index in [1.807, 2.05) is 17.7 Å². The van der Waals surface area contributed by atoms with Crippen LogP contribution in [0, 0.1) is 10.6 Å². The third-order valence-corrected chi connectivity index (χ3v) is 7.43. The van der Waals surface area contributed by atoms with Gasteiger partial charge in [-0.15, -0.1) is 0 Å². The summed E-state index contributed by atoms with van der Waals surface area (Å²) in [6.07, 6.45) is 2.03. The fourth-order valence-corrected chi connectivity index (χ4v) is 5.57. The van der Waals surface area contributed by atoms with Gasteiger partial charge in [0, 0.05) is 47.4 Å². The Labute approximate surface area is 176 Å². The van der Waals surface area contributed by atoms with E-state index in [4.69, 9.17) is 17.0 Å². The second kappa shape index (κ2) is 6.50. The van der Waals surface area contributed by atoms with E-state index in [1.54, 1.807) is 6.07 Å². The van der Waals surface area contributed by atoms with Crippen LogP contribution in [-0.2, 0) is 35.0 Å². The molecular formula is C20H21BrFN3O2S. The van der Waals surface area contributed by atoms with Crippen molar-refractivity contribution in [2.75, 3.05) is 13.2 Å². The van der Waals surface area contributed by atoms with Crippen molar-refractivity contribution in [3.63, 3.8) is 0 Å². The van der Waals surface area contributed by atoms with Crippen LogP contribution >= 0.6 is 28.1 Å². The predicted molar refractivity (Wildman–Crippen MR) is 108 cm³/mol. The minimum Gasteiger partial charge on any atom is -0.379 e. The molecule has 2 fully saturated rings. The number of imidazole rings is 1. The number of hydrogen-bond donors (Lipinski definition) is 1. The molecule has 8 heteroatoms. The molecule has 1 amide bonds. The molecule has 5 rings (SSSR count). The van der Waals surface area contributed by atoms with Crippen molar-refractivity contribution < 1.29 is 13.9 Å². The number of rotatable bonds is 4. The maximum Gasteiger partial charge on any atom is 0.226 e. The first-order chi connectivity index (χ1) is 13.4. The number of carbonyl (C=O) groups is 1. The lowest BCUT2D eigenvalue weighted by molar-refractivity contribution is -0.121. The number of amides is 1. The van der Waals surface area contributed by atoms with Crippen LogP contribution in [0.5, 0.6) is 0 Å². The molecule has 0 bridgehead atoms. The summed E-state index contributed by atoms with van der Waals surface area (Å²) < 4.78 is 25.6. The zero-order valence-electron chi connectivity index (χ0n) is 15.5. The van der Waals surface area contributed by atoms with Crippen molar-refractivity contribution in [2.24, 2.45) is 7.05 Å². The monoisotopic (exact) mass is 465 g/mol. The zero-order valence-corrected chi connectivity index (χ0v) is 17.9. The molecule has 1 unspecified atom stereocenters. The standard InChI is InChI=1S/C20H21BrFN3O2S/c1-24-16(7-17(26)23-12-4-5-27-9-12)18-14-8-20(14,10-25(18)19(24)28)13-6-11(21)2-3-15(13)22/h2-3,6,12,14H,4-5,7-10H2,1H3,(H,23,26)/t12-,14?,20-/m1/s1. The zero-order chi connectivity index (χ0) is 19.6. The van der Waals surface area contributed by atoms with E-state index in [0.717, 1.165) is 34.3 Å². The number of halogens is 2. The van der Waals surface area contributed by atoms with Gasteiger partial charge in [0.15, 0.2) is 4.77 Å². The number of nitrogens with zero attached hydrogens (tertiary/aromatic N) is 2. The van der Waals surface area contributed by atoms with Crippen LogP contribution in [0.25, 0.3) is 0 Å². The molecule has 28 heavy (non-hydrogen) atoms. The van der Waals surface area contributed by atoms with E-state index in [9.17, 15) is 9.18 Å². The number of fused-ring (bicyclic) bond motifs is 3. The maximum atomic E-state index is 14.6. The fraction of sp³-hybridized carbons (Fsp3) is 0.500. The molecule has 1 N–H and O–H groups in total. The van der Waals surface area contributed by atoms with Crippen LogP contribution in [0.3, 0.4) is 0 Å². The highest BCUT2D eigenvalue weighted by Gasteiger charge is 2.63. The molecule has 0 radical (unpaired) electrons. The minimum atomic E-state index is -0.241. The molecule has 3 aliphatic rings. The summed E-state index contributed by atoms with van der Waals surface area (Å²) in [6.45, 7) is 1.94. The van der Waals surface area contributed by atoms with Gasteiger partial charge in [-0.05, 0) is 48.8 Å². The average Bonchev–Trinajstić information content (AvgIpc) is 2.95. The Morgan fingerprint density at radius 3 is 3.07 bits per heavy atom. The number of carbonyl (C=O) groups excluding carboxylic acids is 1. The number of ether oxygens (including phenoxy) is 1. The predicted octanol–water partition coefficient (Wildman–Crippen LogP) is 3.34. The molecule has 5 nitrogen and oxygen atoms in total. The molecule has 1 saturated heterocycles. The van der Waals surface area contributed by atoms with Gasteiger partial charge < -0.3 is 19.2 Å². The third kappa shape index (κ3) is 2.72. The number of nitrogens with one attached hydrogen (secondary N) is 1. The van der Waals surface area contributed by atoms with Gasteiger partial charge in [-0.25, -0.2) is 4.39 Å². The molecule has 2 aromatic rings. The molecular weight excluding hydrogens is 445 g/mol. The SMILES string of the molecule is Cn1c(CC(=O)N[C@@H]2CCOC2)c2n(c1=S)C[C@@]1(c3cc(Br)ccc3F)CC21. The molecule has 148 valence electrons. The van der Waals surface area contributed by atoms with E-state index >= 15 is 0 Å². The summed E-state index contributed by atoms with van der Waals surface area (Å²) in [7, 11) is 1.92. The normalized spacial score (nSPS) is 27.5. The lowest BCUT2D eigenvalue weighted by atomic mass is 9.93. The summed E-state index contributed by atoms with van der Waals surface area (Å²) in [4.78, 5) is 12.6. The van der Waals surface area contributed by atoms with Crippen molar-refractivity contribution in [1.29, 1.82) is 0 Å². The minimum absolute atomic E-state index is 0.0127. The van der Waals surface area contributed by atoms with Crippen LogP contribution in [0.4, 0.5) is 4.39 Å². The number of hydrogen-bond acceptors (Lipinski definition) is 3. The summed E-state index contributed by atoms with van der Waals surface area (Å²) in [5.41, 5.74) is 2.55. The topological polar surface area (TPSA) is 48.2 Å². The van der Waals surface area contributed by atoms with E-state index in [2.05, 4.69) is 25.8 Å². The van der Waals surface area contributed by atoms with E-state index in [0.29, 0.717) is 24.5 Å². The molecule has 1 aliphatic carbocycles. The second-order valence-electron chi connectivity index (χ2n) is 8.10. The van der Waals surface area contributed by atoms with Crippen LogP contribution in [0.1, 0.15) is 35.7 Å². The Kier molecular flexibility index (Phi) is 4.30. The van der Waals surface area contributed by atoms with Gasteiger partial charge >= 0.3 is 0 Å². The fourth-order valence-electron chi connectivity index (χ4n) is 4.94. The molecule has 1 aromatic carbocycles. The molecule has 0 spiro atoms. The van der Waals surface area contributed by atoms with Gasteiger partial charge in [-0.2, -0.15) is 0 Å². The lowest BCUT2D eigenvalue weighted by Crippen LogP contribution is -2.36. The first kappa shape index (κ1) is 18.5. The van der Waals surface area contributed by atoms with Gasteiger partial charge in [0.05, 0.1) is 19.1 Å². The third-order valence-electron chi connectivity index (χ3n) is 6.44.